The van der Waals surface area contributed by atoms with E-state index < -0.39 is 0 Å². The lowest BCUT2D eigenvalue weighted by Crippen LogP contribution is -1.94. The van der Waals surface area contributed by atoms with Gasteiger partial charge in [-0.05, 0) is 0 Å². The van der Waals surface area contributed by atoms with Gasteiger partial charge >= 0.3 is 0 Å². The van der Waals surface area contributed by atoms with Crippen molar-refractivity contribution in [1.82, 2.24) is 0 Å². The van der Waals surface area contributed by atoms with Gasteiger partial charge in [-0.3, -0.25) is 4.79 Å². The van der Waals surface area contributed by atoms with Gasteiger partial charge in [-0.25, -0.2) is 0 Å². The molecule has 0 bridgehead atoms. The average molecular weight is 164 g/mol. The number of hydrogen-bond donors (Lipinski definition) is 0. The van der Waals surface area contributed by atoms with Gasteiger partial charge in [0.25, 0.3) is 0 Å². The van der Waals surface area contributed by atoms with Gasteiger partial charge in [0, 0.05) is 12.0 Å². The van der Waals surface area contributed by atoms with Crippen LogP contribution in [0.5, 0.6) is 0 Å². The van der Waals surface area contributed by atoms with Crippen molar-refractivity contribution in [1.29, 1.82) is 0 Å². The normalized spacial score (nSPS) is 8.08. The van der Waals surface area contributed by atoms with Gasteiger partial charge in [0.2, 0.25) is 0 Å². The molecule has 0 aliphatic heterocycles. The van der Waals surface area contributed by atoms with Crippen molar-refractivity contribution in [3.05, 3.63) is 35.9 Å². The Morgan fingerprint density at radius 1 is 1.25 bits per heavy atom. The van der Waals surface area contributed by atoms with E-state index in [0.717, 1.165) is 5.56 Å². The van der Waals surface area contributed by atoms with E-state index in [2.05, 4.69) is 0 Å². The standard InChI is InChI=1S/C9H10O.CH2O/c1-2-9(10)8-6-4-3-5-7-8;1-2/h3-7H,2H2,1H3;1H2. The van der Waals surface area contributed by atoms with E-state index in [1.54, 1.807) is 0 Å². The summed E-state index contributed by atoms with van der Waals surface area (Å²) in [6, 6.07) is 9.34. The maximum Gasteiger partial charge on any atom is 0.162 e. The quantitative estimate of drug-likeness (QED) is 0.627. The Labute approximate surface area is 72.2 Å². The predicted molar refractivity (Wildman–Crippen MR) is 48.2 cm³/mol. The summed E-state index contributed by atoms with van der Waals surface area (Å²) in [5.41, 5.74) is 0.810. The Hall–Kier alpha value is -1.44. The maximum atomic E-state index is 11.0. The van der Waals surface area contributed by atoms with Crippen LogP contribution in [0.15, 0.2) is 30.3 Å². The molecule has 0 N–H and O–H groups in total. The zero-order valence-corrected chi connectivity index (χ0v) is 7.12. The third kappa shape index (κ3) is 3.10. The molecule has 1 aromatic rings. The highest BCUT2D eigenvalue weighted by Gasteiger charge is 1.98. The molecule has 1 rings (SSSR count). The minimum absolute atomic E-state index is 0.209. The summed E-state index contributed by atoms with van der Waals surface area (Å²) in [7, 11) is 0. The molecular formula is C10H12O2. The third-order valence-corrected chi connectivity index (χ3v) is 1.42. The first-order valence-electron chi connectivity index (χ1n) is 3.71. The molecule has 0 atom stereocenters. The summed E-state index contributed by atoms with van der Waals surface area (Å²) >= 11 is 0. The Morgan fingerprint density at radius 2 is 1.75 bits per heavy atom. The van der Waals surface area contributed by atoms with E-state index in [9.17, 15) is 4.79 Å². The van der Waals surface area contributed by atoms with Crippen molar-refractivity contribution in [2.45, 2.75) is 13.3 Å². The van der Waals surface area contributed by atoms with E-state index in [1.165, 1.54) is 0 Å². The molecule has 0 spiro atoms. The van der Waals surface area contributed by atoms with E-state index in [1.807, 2.05) is 44.0 Å². The highest BCUT2D eigenvalue weighted by Crippen LogP contribution is 2.01. The number of benzene rings is 1. The Kier molecular flexibility index (Phi) is 5.53. The van der Waals surface area contributed by atoms with E-state index in [-0.39, 0.29) is 5.78 Å². The van der Waals surface area contributed by atoms with Crippen LogP contribution in [0.1, 0.15) is 23.7 Å². The highest BCUT2D eigenvalue weighted by molar-refractivity contribution is 5.95. The summed E-state index contributed by atoms with van der Waals surface area (Å²) in [4.78, 5) is 19.0. The Morgan fingerprint density at radius 3 is 2.17 bits per heavy atom. The SMILES string of the molecule is C=O.CCC(=O)c1ccccc1. The van der Waals surface area contributed by atoms with Crippen LogP contribution in [0, 0.1) is 0 Å². The zero-order valence-electron chi connectivity index (χ0n) is 7.12. The fourth-order valence-electron chi connectivity index (χ4n) is 0.828. The topological polar surface area (TPSA) is 34.1 Å². The van der Waals surface area contributed by atoms with Crippen molar-refractivity contribution in [2.24, 2.45) is 0 Å². The van der Waals surface area contributed by atoms with E-state index in [0.29, 0.717) is 6.42 Å². The monoisotopic (exact) mass is 164 g/mol. The van der Waals surface area contributed by atoms with Crippen molar-refractivity contribution in [3.63, 3.8) is 0 Å². The lowest BCUT2D eigenvalue weighted by atomic mass is 10.1. The predicted octanol–water partition coefficient (Wildman–Crippen LogP) is 2.09. The van der Waals surface area contributed by atoms with Crippen LogP contribution in [0.3, 0.4) is 0 Å². The third-order valence-electron chi connectivity index (χ3n) is 1.42. The molecule has 0 saturated heterocycles. The number of ketones is 1. The van der Waals surface area contributed by atoms with Crippen molar-refractivity contribution >= 4 is 12.6 Å². The molecule has 0 aliphatic carbocycles. The van der Waals surface area contributed by atoms with Gasteiger partial charge in [0.05, 0.1) is 0 Å². The molecule has 0 unspecified atom stereocenters. The summed E-state index contributed by atoms with van der Waals surface area (Å²) in [5, 5.41) is 0. The molecule has 0 aliphatic rings. The first-order valence-corrected chi connectivity index (χ1v) is 3.71. The highest BCUT2D eigenvalue weighted by atomic mass is 16.1. The largest absolute Gasteiger partial charge is 0.307 e. The molecule has 0 radical (unpaired) electrons. The van der Waals surface area contributed by atoms with Crippen molar-refractivity contribution in [3.8, 4) is 0 Å². The lowest BCUT2D eigenvalue weighted by molar-refractivity contribution is -0.0979. The molecule has 0 heterocycles. The fraction of sp³-hybridized carbons (Fsp3) is 0.200. The van der Waals surface area contributed by atoms with Crippen molar-refractivity contribution in [2.75, 3.05) is 0 Å². The van der Waals surface area contributed by atoms with Crippen LogP contribution in [-0.4, -0.2) is 12.6 Å². The maximum absolute atomic E-state index is 11.0. The van der Waals surface area contributed by atoms with E-state index in [4.69, 9.17) is 4.79 Å². The summed E-state index contributed by atoms with van der Waals surface area (Å²) in [6.07, 6.45) is 0.587. The van der Waals surface area contributed by atoms with Gasteiger partial charge in [0.15, 0.2) is 5.78 Å². The minimum Gasteiger partial charge on any atom is -0.307 e. The van der Waals surface area contributed by atoms with Crippen LogP contribution in [0.25, 0.3) is 0 Å². The van der Waals surface area contributed by atoms with Gasteiger partial charge in [0.1, 0.15) is 6.79 Å². The number of carbonyl (C=O) groups is 2. The lowest BCUT2D eigenvalue weighted by Gasteiger charge is -1.93. The molecule has 64 valence electrons. The molecule has 0 saturated carbocycles. The zero-order chi connectivity index (χ0) is 9.40. The molecule has 12 heavy (non-hydrogen) atoms. The first-order chi connectivity index (χ1) is 5.84. The van der Waals surface area contributed by atoms with Gasteiger partial charge in [-0.1, -0.05) is 37.3 Å². The summed E-state index contributed by atoms with van der Waals surface area (Å²) in [6.45, 7) is 3.87. The molecule has 2 heteroatoms. The molecular weight excluding hydrogens is 152 g/mol. The molecule has 0 amide bonds. The van der Waals surface area contributed by atoms with Crippen molar-refractivity contribution < 1.29 is 9.59 Å². The number of Topliss-reactive ketones (excluding diaryl/α,β-unsaturated/α-hetero) is 1. The second-order valence-electron chi connectivity index (χ2n) is 2.14. The smallest absolute Gasteiger partial charge is 0.162 e. The van der Waals surface area contributed by atoms with Crippen LogP contribution in [0.4, 0.5) is 0 Å². The number of carbonyl (C=O) groups excluding carboxylic acids is 2. The molecule has 0 fully saturated rings. The van der Waals surface area contributed by atoms with E-state index >= 15 is 0 Å². The number of hydrogen-bond acceptors (Lipinski definition) is 2. The van der Waals surface area contributed by atoms with Crippen LogP contribution < -0.4 is 0 Å². The van der Waals surface area contributed by atoms with Gasteiger partial charge < -0.3 is 4.79 Å². The molecule has 1 aromatic carbocycles. The van der Waals surface area contributed by atoms with Gasteiger partial charge in [-0.2, -0.15) is 0 Å². The van der Waals surface area contributed by atoms with Crippen LogP contribution in [-0.2, 0) is 4.79 Å². The molecule has 2 nitrogen and oxygen atoms in total. The summed E-state index contributed by atoms with van der Waals surface area (Å²) in [5.74, 6) is 0.209. The van der Waals surface area contributed by atoms with Gasteiger partial charge in [-0.15, -0.1) is 0 Å². The van der Waals surface area contributed by atoms with Crippen LogP contribution >= 0.6 is 0 Å². The number of rotatable bonds is 2. The second kappa shape index (κ2) is 6.28. The first kappa shape index (κ1) is 10.6. The minimum atomic E-state index is 0.209. The van der Waals surface area contributed by atoms with Crippen LogP contribution in [0.2, 0.25) is 0 Å². The Bertz CT molecular complexity index is 229. The average Bonchev–Trinajstić information content (AvgIpc) is 2.21. The fourth-order valence-corrected chi connectivity index (χ4v) is 0.828. The Balaban J connectivity index is 0.000000561. The molecule has 0 aromatic heterocycles. The summed E-state index contributed by atoms with van der Waals surface area (Å²) < 4.78 is 0. The second-order valence-corrected chi connectivity index (χ2v) is 2.14.